The molecule has 0 radical (unpaired) electrons. The molecular formula is C20H26N4O2S. The number of urea groups is 1. The van der Waals surface area contributed by atoms with Gasteiger partial charge in [-0.1, -0.05) is 23.8 Å². The average Bonchev–Trinajstić information content (AvgIpc) is 3.12. The number of rotatable bonds is 5. The van der Waals surface area contributed by atoms with E-state index in [-0.39, 0.29) is 12.5 Å². The molecule has 6 nitrogen and oxygen atoms in total. The molecule has 3 amide bonds. The summed E-state index contributed by atoms with van der Waals surface area (Å²) in [6.07, 6.45) is 0. The maximum atomic E-state index is 12.2. The van der Waals surface area contributed by atoms with Gasteiger partial charge < -0.3 is 5.32 Å². The van der Waals surface area contributed by atoms with E-state index in [0.29, 0.717) is 5.69 Å². The zero-order chi connectivity index (χ0) is 19.2. The van der Waals surface area contributed by atoms with Crippen LogP contribution in [0.4, 0.5) is 10.5 Å². The van der Waals surface area contributed by atoms with Crippen LogP contribution in [0.25, 0.3) is 0 Å². The largest absolute Gasteiger partial charge is 0.325 e. The molecule has 7 heteroatoms. The van der Waals surface area contributed by atoms with Gasteiger partial charge >= 0.3 is 6.03 Å². The number of piperazine rings is 1. The van der Waals surface area contributed by atoms with Crippen LogP contribution in [0.3, 0.4) is 0 Å². The molecule has 0 atom stereocenters. The van der Waals surface area contributed by atoms with Gasteiger partial charge in [0, 0.05) is 43.3 Å². The highest BCUT2D eigenvalue weighted by Gasteiger charge is 2.20. The van der Waals surface area contributed by atoms with E-state index in [2.05, 4.69) is 37.9 Å². The summed E-state index contributed by atoms with van der Waals surface area (Å²) in [5.74, 6) is -0.274. The van der Waals surface area contributed by atoms with Crippen molar-refractivity contribution in [2.45, 2.75) is 20.4 Å². The van der Waals surface area contributed by atoms with Crippen LogP contribution in [0.2, 0.25) is 0 Å². The number of nitrogens with zero attached hydrogens (tertiary/aromatic N) is 2. The van der Waals surface area contributed by atoms with Crippen molar-refractivity contribution in [2.24, 2.45) is 0 Å². The fourth-order valence-electron chi connectivity index (χ4n) is 3.21. The number of amides is 3. The minimum atomic E-state index is -0.483. The van der Waals surface area contributed by atoms with Crippen LogP contribution < -0.4 is 10.6 Å². The third kappa shape index (κ3) is 5.89. The molecule has 0 aliphatic carbocycles. The number of benzene rings is 1. The lowest BCUT2D eigenvalue weighted by atomic mass is 10.1. The van der Waals surface area contributed by atoms with Gasteiger partial charge in [0.2, 0.25) is 5.91 Å². The van der Waals surface area contributed by atoms with E-state index >= 15 is 0 Å². The summed E-state index contributed by atoms with van der Waals surface area (Å²) in [4.78, 5) is 30.1. The predicted octanol–water partition coefficient (Wildman–Crippen LogP) is 2.83. The Balaban J connectivity index is 1.39. The highest BCUT2D eigenvalue weighted by atomic mass is 32.1. The zero-order valence-corrected chi connectivity index (χ0v) is 16.6. The number of imide groups is 1. The molecule has 0 saturated carbocycles. The summed E-state index contributed by atoms with van der Waals surface area (Å²) in [5, 5.41) is 7.26. The maximum absolute atomic E-state index is 12.2. The minimum Gasteiger partial charge on any atom is -0.307 e. The Bertz CT molecular complexity index is 783. The van der Waals surface area contributed by atoms with Crippen LogP contribution in [0.1, 0.15) is 16.0 Å². The molecule has 1 aliphatic rings. The fraction of sp³-hybridized carbons (Fsp3) is 0.400. The van der Waals surface area contributed by atoms with Gasteiger partial charge in [0.1, 0.15) is 0 Å². The van der Waals surface area contributed by atoms with Gasteiger partial charge in [0.15, 0.2) is 0 Å². The van der Waals surface area contributed by atoms with Crippen LogP contribution in [0.15, 0.2) is 35.7 Å². The lowest BCUT2D eigenvalue weighted by Crippen LogP contribution is -2.50. The van der Waals surface area contributed by atoms with Gasteiger partial charge in [-0.15, -0.1) is 11.3 Å². The maximum Gasteiger partial charge on any atom is 0.325 e. The number of anilines is 1. The first kappa shape index (κ1) is 19.5. The number of nitrogens with one attached hydrogen (secondary N) is 2. The molecule has 1 aromatic carbocycles. The molecule has 0 bridgehead atoms. The number of hydrogen-bond donors (Lipinski definition) is 2. The molecule has 27 heavy (non-hydrogen) atoms. The smallest absolute Gasteiger partial charge is 0.307 e. The van der Waals surface area contributed by atoms with Gasteiger partial charge in [0.05, 0.1) is 6.54 Å². The average molecular weight is 387 g/mol. The van der Waals surface area contributed by atoms with Crippen molar-refractivity contribution >= 4 is 29.0 Å². The van der Waals surface area contributed by atoms with E-state index in [4.69, 9.17) is 0 Å². The SMILES string of the molecule is Cc1ccc(NC(=O)NC(=O)CN2CCN(Cc3cccs3)CC2)c(C)c1. The number of carbonyl (C=O) groups is 2. The predicted molar refractivity (Wildman–Crippen MR) is 109 cm³/mol. The first-order valence-corrected chi connectivity index (χ1v) is 10.0. The standard InChI is InChI=1S/C20H26N4O2S/c1-15-5-6-18(16(2)12-15)21-20(26)22-19(25)14-24-9-7-23(8-10-24)13-17-4-3-11-27-17/h3-6,11-12H,7-10,13-14H2,1-2H3,(H2,21,22,25,26). The number of hydrogen-bond acceptors (Lipinski definition) is 5. The Morgan fingerprint density at radius 1 is 1.07 bits per heavy atom. The van der Waals surface area contributed by atoms with Crippen molar-refractivity contribution in [3.8, 4) is 0 Å². The fourth-order valence-corrected chi connectivity index (χ4v) is 3.95. The summed E-state index contributed by atoms with van der Waals surface area (Å²) in [6, 6.07) is 9.51. The highest BCUT2D eigenvalue weighted by Crippen LogP contribution is 2.16. The van der Waals surface area contributed by atoms with E-state index in [1.54, 1.807) is 11.3 Å². The van der Waals surface area contributed by atoms with Crippen molar-refractivity contribution in [3.63, 3.8) is 0 Å². The Hall–Kier alpha value is -2.22. The zero-order valence-electron chi connectivity index (χ0n) is 15.8. The van der Waals surface area contributed by atoms with E-state index < -0.39 is 6.03 Å². The van der Waals surface area contributed by atoms with Crippen LogP contribution >= 0.6 is 11.3 Å². The molecule has 1 saturated heterocycles. The Morgan fingerprint density at radius 2 is 1.81 bits per heavy atom. The van der Waals surface area contributed by atoms with E-state index in [0.717, 1.165) is 43.9 Å². The Morgan fingerprint density at radius 3 is 2.48 bits per heavy atom. The molecule has 0 spiro atoms. The van der Waals surface area contributed by atoms with Crippen molar-refractivity contribution in [2.75, 3.05) is 38.0 Å². The van der Waals surface area contributed by atoms with Gasteiger partial charge in [-0.3, -0.25) is 19.9 Å². The van der Waals surface area contributed by atoms with E-state index in [1.165, 1.54) is 4.88 Å². The Labute approximate surface area is 164 Å². The summed E-state index contributed by atoms with van der Waals surface area (Å²) in [6.45, 7) is 8.67. The minimum absolute atomic E-state index is 0.243. The second kappa shape index (κ2) is 9.12. The van der Waals surface area contributed by atoms with Crippen molar-refractivity contribution in [1.82, 2.24) is 15.1 Å². The molecule has 1 fully saturated rings. The third-order valence-corrected chi connectivity index (χ3v) is 5.54. The summed E-state index contributed by atoms with van der Waals surface area (Å²) in [5.41, 5.74) is 2.82. The van der Waals surface area contributed by atoms with Crippen molar-refractivity contribution < 1.29 is 9.59 Å². The van der Waals surface area contributed by atoms with Crippen LogP contribution in [0, 0.1) is 13.8 Å². The quantitative estimate of drug-likeness (QED) is 0.829. The normalized spacial score (nSPS) is 15.5. The number of thiophene rings is 1. The lowest BCUT2D eigenvalue weighted by Gasteiger charge is -2.33. The van der Waals surface area contributed by atoms with Crippen LogP contribution in [0.5, 0.6) is 0 Å². The summed E-state index contributed by atoms with van der Waals surface area (Å²) in [7, 11) is 0. The molecule has 3 rings (SSSR count). The van der Waals surface area contributed by atoms with Gasteiger partial charge in [0.25, 0.3) is 0 Å². The molecule has 1 aromatic heterocycles. The highest BCUT2D eigenvalue weighted by molar-refractivity contribution is 7.09. The number of aryl methyl sites for hydroxylation is 2. The monoisotopic (exact) mass is 386 g/mol. The van der Waals surface area contributed by atoms with Gasteiger partial charge in [-0.2, -0.15) is 0 Å². The molecule has 2 N–H and O–H groups in total. The van der Waals surface area contributed by atoms with E-state index in [9.17, 15) is 9.59 Å². The van der Waals surface area contributed by atoms with Gasteiger partial charge in [-0.05, 0) is 36.9 Å². The van der Waals surface area contributed by atoms with Gasteiger partial charge in [-0.25, -0.2) is 4.79 Å². The topological polar surface area (TPSA) is 64.7 Å². The van der Waals surface area contributed by atoms with Crippen LogP contribution in [-0.2, 0) is 11.3 Å². The first-order chi connectivity index (χ1) is 13.0. The second-order valence-corrected chi connectivity index (χ2v) is 7.98. The summed E-state index contributed by atoms with van der Waals surface area (Å²) < 4.78 is 0. The third-order valence-electron chi connectivity index (χ3n) is 4.67. The second-order valence-electron chi connectivity index (χ2n) is 6.95. The molecular weight excluding hydrogens is 360 g/mol. The van der Waals surface area contributed by atoms with Crippen molar-refractivity contribution in [1.29, 1.82) is 0 Å². The summed E-state index contributed by atoms with van der Waals surface area (Å²) >= 11 is 1.77. The molecule has 144 valence electrons. The first-order valence-electron chi connectivity index (χ1n) is 9.15. The van der Waals surface area contributed by atoms with Crippen molar-refractivity contribution in [3.05, 3.63) is 51.7 Å². The molecule has 0 unspecified atom stereocenters. The molecule has 2 heterocycles. The molecule has 1 aliphatic heterocycles. The molecule has 2 aromatic rings. The Kier molecular flexibility index (Phi) is 6.60. The van der Waals surface area contributed by atoms with E-state index in [1.807, 2.05) is 32.0 Å². The number of carbonyl (C=O) groups excluding carboxylic acids is 2. The van der Waals surface area contributed by atoms with Crippen LogP contribution in [-0.4, -0.2) is 54.5 Å². The lowest BCUT2D eigenvalue weighted by molar-refractivity contribution is -0.121.